The van der Waals surface area contributed by atoms with E-state index in [2.05, 4.69) is 40.7 Å². The minimum absolute atomic E-state index is 0.473. The molecular weight excluding hydrogens is 396 g/mol. The monoisotopic (exact) mass is 418 g/mol. The summed E-state index contributed by atoms with van der Waals surface area (Å²) in [5.74, 6) is 2.49. The number of allylic oxidation sites excluding steroid dienone is 1. The molecule has 5 nitrogen and oxygen atoms in total. The largest absolute Gasteiger partial charge is 0.488 e. The zero-order valence-electron chi connectivity index (χ0n) is 17.9. The van der Waals surface area contributed by atoms with Gasteiger partial charge in [-0.1, -0.05) is 30.3 Å². The Morgan fingerprint density at radius 3 is 2.88 bits per heavy atom. The van der Waals surface area contributed by atoms with E-state index in [1.807, 2.05) is 36.5 Å². The molecule has 156 valence electrons. The SMILES string of the molecule is Cc1ccnc2c1nc(C1CC1)n2Cc1ccc2c(c1)COc1ccccc1C2=CC#N. The van der Waals surface area contributed by atoms with Crippen molar-refractivity contribution in [1.29, 1.82) is 5.26 Å². The van der Waals surface area contributed by atoms with Crippen LogP contribution in [-0.4, -0.2) is 14.5 Å². The van der Waals surface area contributed by atoms with Gasteiger partial charge in [0.1, 0.15) is 23.7 Å². The fourth-order valence-corrected chi connectivity index (χ4v) is 4.61. The number of aromatic nitrogens is 3. The minimum atomic E-state index is 0.473. The molecule has 5 heteroatoms. The Balaban J connectivity index is 1.43. The number of rotatable bonds is 3. The fraction of sp³-hybridized carbons (Fsp3) is 0.222. The number of pyridine rings is 1. The first-order valence-corrected chi connectivity index (χ1v) is 11.0. The van der Waals surface area contributed by atoms with Gasteiger partial charge in [-0.25, -0.2) is 9.97 Å². The summed E-state index contributed by atoms with van der Waals surface area (Å²) < 4.78 is 8.40. The number of ether oxygens (including phenoxy) is 1. The minimum Gasteiger partial charge on any atom is -0.488 e. The van der Waals surface area contributed by atoms with Crippen LogP contribution in [0.15, 0.2) is 60.8 Å². The zero-order valence-corrected chi connectivity index (χ0v) is 17.9. The summed E-state index contributed by atoms with van der Waals surface area (Å²) in [6.07, 6.45) is 5.88. The number of hydrogen-bond acceptors (Lipinski definition) is 4. The van der Waals surface area contributed by atoms with E-state index < -0.39 is 0 Å². The Morgan fingerprint density at radius 1 is 1.16 bits per heavy atom. The van der Waals surface area contributed by atoms with Crippen molar-refractivity contribution in [1.82, 2.24) is 14.5 Å². The summed E-state index contributed by atoms with van der Waals surface area (Å²) in [5, 5.41) is 9.41. The van der Waals surface area contributed by atoms with Gasteiger partial charge in [0.05, 0.1) is 12.6 Å². The molecule has 6 rings (SSSR count). The first-order valence-electron chi connectivity index (χ1n) is 11.0. The summed E-state index contributed by atoms with van der Waals surface area (Å²) in [7, 11) is 0. The first-order chi connectivity index (χ1) is 15.7. The Bertz CT molecular complexity index is 1440. The predicted octanol–water partition coefficient (Wildman–Crippen LogP) is 5.51. The van der Waals surface area contributed by atoms with Crippen LogP contribution < -0.4 is 4.74 Å². The normalized spacial score (nSPS) is 16.2. The van der Waals surface area contributed by atoms with Gasteiger partial charge in [-0.3, -0.25) is 0 Å². The highest BCUT2D eigenvalue weighted by Crippen LogP contribution is 2.41. The van der Waals surface area contributed by atoms with Gasteiger partial charge in [-0.15, -0.1) is 0 Å². The smallest absolute Gasteiger partial charge is 0.160 e. The molecule has 4 aromatic rings. The van der Waals surface area contributed by atoms with Crippen LogP contribution in [0.25, 0.3) is 16.7 Å². The van der Waals surface area contributed by atoms with Gasteiger partial charge in [0.15, 0.2) is 5.65 Å². The average molecular weight is 419 g/mol. The molecule has 0 saturated heterocycles. The van der Waals surface area contributed by atoms with E-state index in [4.69, 9.17) is 9.72 Å². The molecule has 1 saturated carbocycles. The van der Waals surface area contributed by atoms with Crippen molar-refractivity contribution in [3.05, 3.63) is 94.4 Å². The topological polar surface area (TPSA) is 63.7 Å². The van der Waals surface area contributed by atoms with Crippen molar-refractivity contribution in [2.24, 2.45) is 0 Å². The summed E-state index contributed by atoms with van der Waals surface area (Å²) in [6.45, 7) is 3.29. The number of benzene rings is 2. The van der Waals surface area contributed by atoms with E-state index in [0.29, 0.717) is 12.5 Å². The molecule has 2 aliphatic rings. The lowest BCUT2D eigenvalue weighted by atomic mass is 9.93. The maximum atomic E-state index is 9.41. The van der Waals surface area contributed by atoms with Crippen LogP contribution in [0.2, 0.25) is 0 Å². The van der Waals surface area contributed by atoms with Gasteiger partial charge in [-0.2, -0.15) is 5.26 Å². The molecule has 1 aliphatic carbocycles. The van der Waals surface area contributed by atoms with E-state index in [-0.39, 0.29) is 0 Å². The molecule has 2 aromatic carbocycles. The van der Waals surface area contributed by atoms with Crippen molar-refractivity contribution in [2.75, 3.05) is 0 Å². The highest BCUT2D eigenvalue weighted by Gasteiger charge is 2.30. The maximum absolute atomic E-state index is 9.41. The molecule has 0 spiro atoms. The quantitative estimate of drug-likeness (QED) is 0.411. The number of imidazole rings is 1. The van der Waals surface area contributed by atoms with Gasteiger partial charge in [0.2, 0.25) is 0 Å². The third-order valence-corrected chi connectivity index (χ3v) is 6.38. The van der Waals surface area contributed by atoms with Crippen molar-refractivity contribution < 1.29 is 4.74 Å². The Morgan fingerprint density at radius 2 is 2.03 bits per heavy atom. The van der Waals surface area contributed by atoms with Crippen molar-refractivity contribution in [3.63, 3.8) is 0 Å². The number of hydrogen-bond donors (Lipinski definition) is 0. The summed E-state index contributed by atoms with van der Waals surface area (Å²) in [6, 6.07) is 18.6. The summed E-state index contributed by atoms with van der Waals surface area (Å²) in [4.78, 5) is 9.63. The van der Waals surface area contributed by atoms with Gasteiger partial charge in [0.25, 0.3) is 0 Å². The second-order valence-electron chi connectivity index (χ2n) is 8.59. The molecule has 2 aromatic heterocycles. The lowest BCUT2D eigenvalue weighted by Gasteiger charge is -2.13. The standard InChI is InChI=1S/C27H22N4O/c1-17-11-13-29-27-25(17)30-26(19-7-8-19)31(27)15-18-6-9-21-20(14-18)16-32-24-5-3-2-4-23(24)22(21)10-12-28/h2-6,9-11,13-14,19H,7-8,15-16H2,1H3. The van der Waals surface area contributed by atoms with Crippen LogP contribution in [-0.2, 0) is 13.2 Å². The molecule has 1 fully saturated rings. The molecule has 3 heterocycles. The van der Waals surface area contributed by atoms with E-state index in [0.717, 1.165) is 57.1 Å². The lowest BCUT2D eigenvalue weighted by molar-refractivity contribution is 0.307. The van der Waals surface area contributed by atoms with Gasteiger partial charge in [0, 0.05) is 29.3 Å². The number of nitrogens with zero attached hydrogens (tertiary/aromatic N) is 4. The average Bonchev–Trinajstić information content (AvgIpc) is 3.61. The first kappa shape index (κ1) is 18.8. The van der Waals surface area contributed by atoms with Crippen LogP contribution >= 0.6 is 0 Å². The molecule has 0 radical (unpaired) electrons. The van der Waals surface area contributed by atoms with Gasteiger partial charge >= 0.3 is 0 Å². The zero-order chi connectivity index (χ0) is 21.7. The Labute approximate surface area is 186 Å². The second kappa shape index (κ2) is 7.35. The number of aryl methyl sites for hydroxylation is 1. The third kappa shape index (κ3) is 3.07. The molecule has 0 amide bonds. The summed E-state index contributed by atoms with van der Waals surface area (Å²) in [5.41, 5.74) is 8.30. The highest BCUT2D eigenvalue weighted by molar-refractivity contribution is 5.86. The third-order valence-electron chi connectivity index (χ3n) is 6.38. The Kier molecular flexibility index (Phi) is 4.32. The molecule has 0 bridgehead atoms. The van der Waals surface area contributed by atoms with E-state index in [1.165, 1.54) is 18.4 Å². The summed E-state index contributed by atoms with van der Waals surface area (Å²) >= 11 is 0. The number of nitriles is 1. The molecule has 0 N–H and O–H groups in total. The number of fused-ring (bicyclic) bond motifs is 3. The molecule has 32 heavy (non-hydrogen) atoms. The van der Waals surface area contributed by atoms with Crippen molar-refractivity contribution >= 4 is 16.7 Å². The second-order valence-corrected chi connectivity index (χ2v) is 8.59. The van der Waals surface area contributed by atoms with E-state index >= 15 is 0 Å². The van der Waals surface area contributed by atoms with Gasteiger partial charge in [-0.05, 0) is 60.2 Å². The molecule has 0 unspecified atom stereocenters. The number of para-hydroxylation sites is 1. The highest BCUT2D eigenvalue weighted by atomic mass is 16.5. The molecule has 0 atom stereocenters. The van der Waals surface area contributed by atoms with Crippen LogP contribution in [0.5, 0.6) is 5.75 Å². The van der Waals surface area contributed by atoms with Crippen LogP contribution in [0.3, 0.4) is 0 Å². The van der Waals surface area contributed by atoms with Crippen molar-refractivity contribution in [3.8, 4) is 11.8 Å². The van der Waals surface area contributed by atoms with Crippen molar-refractivity contribution in [2.45, 2.75) is 38.8 Å². The predicted molar refractivity (Wildman–Crippen MR) is 123 cm³/mol. The van der Waals surface area contributed by atoms with Gasteiger partial charge < -0.3 is 9.30 Å². The van der Waals surface area contributed by atoms with E-state index in [9.17, 15) is 5.26 Å². The van der Waals surface area contributed by atoms with Crippen LogP contribution in [0, 0.1) is 18.3 Å². The fourth-order valence-electron chi connectivity index (χ4n) is 4.61. The maximum Gasteiger partial charge on any atom is 0.160 e. The van der Waals surface area contributed by atoms with E-state index in [1.54, 1.807) is 6.08 Å². The lowest BCUT2D eigenvalue weighted by Crippen LogP contribution is -2.06. The molecular formula is C27H22N4O. The Hall–Kier alpha value is -3.91. The van der Waals surface area contributed by atoms with Crippen LogP contribution in [0.4, 0.5) is 0 Å². The van der Waals surface area contributed by atoms with Crippen LogP contribution in [0.1, 0.15) is 52.4 Å². The molecule has 1 aliphatic heterocycles.